The van der Waals surface area contributed by atoms with Crippen molar-refractivity contribution in [2.75, 3.05) is 0 Å². The minimum Gasteiger partial charge on any atom is -0.507 e. The van der Waals surface area contributed by atoms with E-state index in [4.69, 9.17) is 0 Å². The van der Waals surface area contributed by atoms with Gasteiger partial charge >= 0.3 is 0 Å². The van der Waals surface area contributed by atoms with Crippen molar-refractivity contribution in [2.24, 2.45) is 5.10 Å². The molecule has 0 aliphatic heterocycles. The summed E-state index contributed by atoms with van der Waals surface area (Å²) in [6.07, 6.45) is 1.38. The molecule has 1 heterocycles. The van der Waals surface area contributed by atoms with Gasteiger partial charge in [-0.3, -0.25) is 9.59 Å². The maximum atomic E-state index is 12.7. The van der Waals surface area contributed by atoms with Crippen molar-refractivity contribution in [3.63, 3.8) is 0 Å². The predicted molar refractivity (Wildman–Crippen MR) is 110 cm³/mol. The van der Waals surface area contributed by atoms with Gasteiger partial charge in [-0.15, -0.1) is 0 Å². The van der Waals surface area contributed by atoms with Crippen molar-refractivity contribution in [1.82, 2.24) is 9.99 Å². The number of amides is 1. The Hall–Kier alpha value is -3.93. The number of nitrogens with zero attached hydrogens (tertiary/aromatic N) is 2. The summed E-state index contributed by atoms with van der Waals surface area (Å²) in [5, 5.41) is 14.8. The minimum atomic E-state index is -0.342. The molecular weight excluding hydrogens is 354 g/mol. The zero-order valence-electron chi connectivity index (χ0n) is 14.9. The third-order valence-electron chi connectivity index (χ3n) is 4.51. The van der Waals surface area contributed by atoms with Gasteiger partial charge in [0.25, 0.3) is 5.91 Å². The van der Waals surface area contributed by atoms with Gasteiger partial charge < -0.3 is 9.67 Å². The highest BCUT2D eigenvalue weighted by Gasteiger charge is 2.12. The maximum Gasteiger partial charge on any atom is 0.260 e. The molecular formula is C22H17N3O3. The summed E-state index contributed by atoms with van der Waals surface area (Å²) < 4.78 is 1.80. The second-order valence-electron chi connectivity index (χ2n) is 6.30. The lowest BCUT2D eigenvalue weighted by Crippen LogP contribution is -2.25. The molecule has 0 saturated heterocycles. The van der Waals surface area contributed by atoms with Gasteiger partial charge in [0.1, 0.15) is 12.3 Å². The average molecular weight is 371 g/mol. The van der Waals surface area contributed by atoms with Gasteiger partial charge in [-0.25, -0.2) is 5.43 Å². The molecule has 1 aromatic heterocycles. The molecule has 0 spiro atoms. The number of carbonyl (C=O) groups excluding carboxylic acids is 1. The van der Waals surface area contributed by atoms with Crippen LogP contribution in [0.15, 0.2) is 82.7 Å². The van der Waals surface area contributed by atoms with E-state index in [-0.39, 0.29) is 23.6 Å². The topological polar surface area (TPSA) is 83.7 Å². The highest BCUT2D eigenvalue weighted by atomic mass is 16.3. The van der Waals surface area contributed by atoms with Crippen molar-refractivity contribution >= 4 is 33.9 Å². The van der Waals surface area contributed by atoms with Gasteiger partial charge in [0.15, 0.2) is 5.43 Å². The smallest absolute Gasteiger partial charge is 0.260 e. The van der Waals surface area contributed by atoms with Crippen molar-refractivity contribution < 1.29 is 9.90 Å². The van der Waals surface area contributed by atoms with Gasteiger partial charge in [-0.2, -0.15) is 5.10 Å². The van der Waals surface area contributed by atoms with E-state index in [2.05, 4.69) is 10.5 Å². The van der Waals surface area contributed by atoms with Crippen LogP contribution in [0, 0.1) is 0 Å². The molecule has 4 rings (SSSR count). The van der Waals surface area contributed by atoms with Gasteiger partial charge in [0.2, 0.25) is 0 Å². The van der Waals surface area contributed by atoms with E-state index in [0.717, 1.165) is 0 Å². The highest BCUT2D eigenvalue weighted by molar-refractivity contribution is 5.95. The highest BCUT2D eigenvalue weighted by Crippen LogP contribution is 2.19. The van der Waals surface area contributed by atoms with Crippen molar-refractivity contribution in [3.8, 4) is 5.75 Å². The van der Waals surface area contributed by atoms with Gasteiger partial charge in [0.05, 0.1) is 17.2 Å². The Balaban J connectivity index is 1.67. The van der Waals surface area contributed by atoms with Crippen LogP contribution in [-0.4, -0.2) is 21.8 Å². The van der Waals surface area contributed by atoms with Crippen LogP contribution in [0.1, 0.15) is 5.56 Å². The fraction of sp³-hybridized carbons (Fsp3) is 0.0455. The summed E-state index contributed by atoms with van der Waals surface area (Å²) in [7, 11) is 0. The number of hydrogen-bond donors (Lipinski definition) is 2. The number of benzene rings is 3. The fourth-order valence-electron chi connectivity index (χ4n) is 3.20. The summed E-state index contributed by atoms with van der Waals surface area (Å²) in [4.78, 5) is 25.2. The van der Waals surface area contributed by atoms with Gasteiger partial charge in [0, 0.05) is 16.3 Å². The second kappa shape index (κ2) is 7.36. The maximum absolute atomic E-state index is 12.7. The number of phenols is 1. The molecule has 1 amide bonds. The van der Waals surface area contributed by atoms with Crippen molar-refractivity contribution in [2.45, 2.75) is 6.54 Å². The zero-order valence-corrected chi connectivity index (χ0v) is 14.9. The molecule has 28 heavy (non-hydrogen) atoms. The van der Waals surface area contributed by atoms with E-state index in [0.29, 0.717) is 27.4 Å². The van der Waals surface area contributed by atoms with Crippen LogP contribution in [0.5, 0.6) is 5.75 Å². The number of pyridine rings is 1. The normalized spacial score (nSPS) is 11.3. The largest absolute Gasteiger partial charge is 0.507 e. The summed E-state index contributed by atoms with van der Waals surface area (Å²) in [6.45, 7) is -0.000577. The predicted octanol–water partition coefficient (Wildman–Crippen LogP) is 3.01. The van der Waals surface area contributed by atoms with E-state index in [1.165, 1.54) is 6.21 Å². The first-order valence-electron chi connectivity index (χ1n) is 8.75. The Morgan fingerprint density at radius 3 is 2.14 bits per heavy atom. The lowest BCUT2D eigenvalue weighted by atomic mass is 10.1. The zero-order chi connectivity index (χ0) is 19.5. The Morgan fingerprint density at radius 1 is 0.929 bits per heavy atom. The SMILES string of the molecule is O=C(Cn1c2ccccc2c(=O)c2ccccc21)N/N=C/c1ccccc1O. The summed E-state index contributed by atoms with van der Waals surface area (Å²) in [6, 6.07) is 21.1. The number of aromatic nitrogens is 1. The van der Waals surface area contributed by atoms with Crippen LogP contribution in [0.4, 0.5) is 0 Å². The average Bonchev–Trinajstić information content (AvgIpc) is 2.72. The number of hydrogen-bond acceptors (Lipinski definition) is 4. The molecule has 2 N–H and O–H groups in total. The Morgan fingerprint density at radius 2 is 1.50 bits per heavy atom. The van der Waals surface area contributed by atoms with E-state index >= 15 is 0 Å². The molecule has 0 radical (unpaired) electrons. The summed E-state index contributed by atoms with van der Waals surface area (Å²) in [5.41, 5.74) is 4.29. The van der Waals surface area contributed by atoms with E-state index in [1.54, 1.807) is 53.1 Å². The van der Waals surface area contributed by atoms with E-state index in [1.807, 2.05) is 24.3 Å². The van der Waals surface area contributed by atoms with Crippen molar-refractivity contribution in [1.29, 1.82) is 0 Å². The lowest BCUT2D eigenvalue weighted by Gasteiger charge is -2.14. The number of nitrogens with one attached hydrogen (secondary N) is 1. The number of rotatable bonds is 4. The molecule has 138 valence electrons. The van der Waals surface area contributed by atoms with Gasteiger partial charge in [-0.1, -0.05) is 36.4 Å². The molecule has 0 aliphatic carbocycles. The molecule has 0 bridgehead atoms. The van der Waals surface area contributed by atoms with E-state index < -0.39 is 0 Å². The first-order chi connectivity index (χ1) is 13.6. The van der Waals surface area contributed by atoms with Crippen molar-refractivity contribution in [3.05, 3.63) is 88.6 Å². The first kappa shape index (κ1) is 17.5. The quantitative estimate of drug-likeness (QED) is 0.329. The fourth-order valence-corrected chi connectivity index (χ4v) is 3.20. The standard InChI is InChI=1S/C22H17N3O3/c26-20-12-6-1-7-15(20)13-23-24-21(27)14-25-18-10-4-2-8-16(18)22(28)17-9-3-5-11-19(17)25/h1-13,26H,14H2,(H,24,27)/b23-13+. The Bertz CT molecular complexity index is 1210. The molecule has 4 aromatic rings. The monoisotopic (exact) mass is 371 g/mol. The summed E-state index contributed by atoms with van der Waals surface area (Å²) in [5.74, 6) is -0.261. The lowest BCUT2D eigenvalue weighted by molar-refractivity contribution is -0.121. The molecule has 0 fully saturated rings. The summed E-state index contributed by atoms with van der Waals surface area (Å²) >= 11 is 0. The molecule has 6 nitrogen and oxygen atoms in total. The van der Waals surface area contributed by atoms with Crippen LogP contribution >= 0.6 is 0 Å². The van der Waals surface area contributed by atoms with Crippen LogP contribution in [0.2, 0.25) is 0 Å². The number of carbonyl (C=O) groups is 1. The Kier molecular flexibility index (Phi) is 4.60. The molecule has 0 atom stereocenters. The molecule has 0 unspecified atom stereocenters. The third kappa shape index (κ3) is 3.23. The molecule has 0 aliphatic rings. The number of aromatic hydroxyl groups is 1. The number of phenolic OH excluding ortho intramolecular Hbond substituents is 1. The van der Waals surface area contributed by atoms with Crippen LogP contribution in [-0.2, 0) is 11.3 Å². The van der Waals surface area contributed by atoms with Gasteiger partial charge in [-0.05, 0) is 36.4 Å². The molecule has 3 aromatic carbocycles. The number of hydrazone groups is 1. The Labute approximate surface area is 160 Å². The first-order valence-corrected chi connectivity index (χ1v) is 8.75. The van der Waals surface area contributed by atoms with Crippen LogP contribution in [0.3, 0.4) is 0 Å². The number of fused-ring (bicyclic) bond motifs is 2. The van der Waals surface area contributed by atoms with Crippen LogP contribution < -0.4 is 10.9 Å². The third-order valence-corrected chi connectivity index (χ3v) is 4.51. The second-order valence-corrected chi connectivity index (χ2v) is 6.30. The number of para-hydroxylation sites is 3. The minimum absolute atomic E-state index is 0.000577. The molecule has 6 heteroatoms. The van der Waals surface area contributed by atoms with E-state index in [9.17, 15) is 14.7 Å². The molecule has 0 saturated carbocycles. The van der Waals surface area contributed by atoms with Crippen LogP contribution in [0.25, 0.3) is 21.8 Å².